The van der Waals surface area contributed by atoms with Crippen LogP contribution in [0.15, 0.2) is 74.3 Å². The maximum absolute atomic E-state index is 13.9. The molecule has 1 aliphatic rings. The topological polar surface area (TPSA) is 78.2 Å². The second-order valence-electron chi connectivity index (χ2n) is 9.21. The van der Waals surface area contributed by atoms with Crippen LogP contribution in [0, 0.1) is 5.92 Å². The van der Waals surface area contributed by atoms with E-state index in [2.05, 4.69) is 29.8 Å². The third-order valence-corrected chi connectivity index (χ3v) is 6.73. The lowest BCUT2D eigenvalue weighted by Crippen LogP contribution is -2.29. The van der Waals surface area contributed by atoms with Gasteiger partial charge in [0, 0.05) is 16.2 Å². The lowest BCUT2D eigenvalue weighted by atomic mass is 9.97. The number of carbonyl (C=O) groups excluding carboxylic acids is 1. The third-order valence-electron chi connectivity index (χ3n) is 6.24. The van der Waals surface area contributed by atoms with Gasteiger partial charge >= 0.3 is 0 Å². The fraction of sp³-hybridized carbons (Fsp3) is 0.241. The molecule has 4 aromatic rings. The Bertz CT molecular complexity index is 1560. The van der Waals surface area contributed by atoms with Crippen molar-refractivity contribution >= 4 is 38.5 Å². The Morgan fingerprint density at radius 2 is 1.78 bits per heavy atom. The third kappa shape index (κ3) is 4.46. The molecule has 190 valence electrons. The van der Waals surface area contributed by atoms with Crippen molar-refractivity contribution in [3.63, 3.8) is 0 Å². The smallest absolute Gasteiger partial charge is 0.295 e. The van der Waals surface area contributed by atoms with E-state index >= 15 is 0 Å². The number of amides is 1. The van der Waals surface area contributed by atoms with Gasteiger partial charge in [-0.25, -0.2) is 0 Å². The standard InChI is InChI=1S/C29H26BrNO6/c1-16(2)15-36-23-10-8-17(12-24(23)35-4)26-25-27(32)21-13-18(30)9-11-22(21)37-28(25)29(33)31(26)19-6-5-7-20(14-19)34-3/h5-14,16,26H,15H2,1-4H3. The van der Waals surface area contributed by atoms with E-state index < -0.39 is 11.9 Å². The summed E-state index contributed by atoms with van der Waals surface area (Å²) in [4.78, 5) is 29.3. The van der Waals surface area contributed by atoms with Crippen LogP contribution in [-0.4, -0.2) is 26.7 Å². The van der Waals surface area contributed by atoms with Gasteiger partial charge < -0.3 is 18.6 Å². The molecule has 1 aromatic heterocycles. The fourth-order valence-corrected chi connectivity index (χ4v) is 4.88. The molecule has 1 aliphatic heterocycles. The van der Waals surface area contributed by atoms with Crippen LogP contribution in [0.1, 0.15) is 41.6 Å². The lowest BCUT2D eigenvalue weighted by Gasteiger charge is -2.26. The molecule has 7 nitrogen and oxygen atoms in total. The van der Waals surface area contributed by atoms with Gasteiger partial charge in [-0.05, 0) is 53.9 Å². The zero-order valence-electron chi connectivity index (χ0n) is 20.9. The molecule has 37 heavy (non-hydrogen) atoms. The van der Waals surface area contributed by atoms with Crippen molar-refractivity contribution in [2.45, 2.75) is 19.9 Å². The summed E-state index contributed by atoms with van der Waals surface area (Å²) in [5.74, 6) is 1.64. The number of carbonyl (C=O) groups is 1. The van der Waals surface area contributed by atoms with Gasteiger partial charge in [0.25, 0.3) is 5.91 Å². The SMILES string of the molecule is COc1cccc(N2C(=O)c3oc4ccc(Br)cc4c(=O)c3C2c2ccc(OCC(C)C)c(OC)c2)c1. The van der Waals surface area contributed by atoms with Gasteiger partial charge in [-0.1, -0.05) is 41.9 Å². The molecule has 0 fully saturated rings. The zero-order valence-corrected chi connectivity index (χ0v) is 22.5. The minimum Gasteiger partial charge on any atom is -0.497 e. The van der Waals surface area contributed by atoms with E-state index in [9.17, 15) is 9.59 Å². The number of methoxy groups -OCH3 is 2. The van der Waals surface area contributed by atoms with Crippen molar-refractivity contribution in [2.75, 3.05) is 25.7 Å². The molecule has 0 bridgehead atoms. The molecule has 0 aliphatic carbocycles. The summed E-state index contributed by atoms with van der Waals surface area (Å²) >= 11 is 3.43. The number of rotatable bonds is 7. The number of benzene rings is 3. The van der Waals surface area contributed by atoms with Crippen molar-refractivity contribution in [2.24, 2.45) is 5.92 Å². The van der Waals surface area contributed by atoms with Crippen LogP contribution in [0.5, 0.6) is 17.2 Å². The summed E-state index contributed by atoms with van der Waals surface area (Å²) in [6.45, 7) is 4.66. The van der Waals surface area contributed by atoms with Crippen molar-refractivity contribution in [3.05, 3.63) is 92.2 Å². The first-order chi connectivity index (χ1) is 17.8. The van der Waals surface area contributed by atoms with Crippen molar-refractivity contribution in [1.82, 2.24) is 0 Å². The average molecular weight is 564 g/mol. The number of halogens is 1. The Morgan fingerprint density at radius 3 is 2.51 bits per heavy atom. The molecule has 3 aromatic carbocycles. The van der Waals surface area contributed by atoms with Gasteiger partial charge in [0.2, 0.25) is 5.76 Å². The Balaban J connectivity index is 1.74. The van der Waals surface area contributed by atoms with Crippen molar-refractivity contribution in [3.8, 4) is 17.2 Å². The zero-order chi connectivity index (χ0) is 26.3. The van der Waals surface area contributed by atoms with E-state index in [1.54, 1.807) is 67.7 Å². The highest BCUT2D eigenvalue weighted by Crippen LogP contribution is 2.44. The Kier molecular flexibility index (Phi) is 6.69. The normalized spacial score (nSPS) is 14.8. The number of ether oxygens (including phenoxy) is 3. The average Bonchev–Trinajstić information content (AvgIpc) is 3.20. The van der Waals surface area contributed by atoms with Gasteiger partial charge in [-0.2, -0.15) is 0 Å². The van der Waals surface area contributed by atoms with Crippen molar-refractivity contribution < 1.29 is 23.4 Å². The van der Waals surface area contributed by atoms with E-state index in [0.29, 0.717) is 52.0 Å². The van der Waals surface area contributed by atoms with Crippen LogP contribution in [-0.2, 0) is 0 Å². The largest absolute Gasteiger partial charge is 0.497 e. The maximum Gasteiger partial charge on any atom is 0.295 e. The quantitative estimate of drug-likeness (QED) is 0.260. The predicted molar refractivity (Wildman–Crippen MR) is 145 cm³/mol. The van der Waals surface area contributed by atoms with Crippen LogP contribution in [0.2, 0.25) is 0 Å². The van der Waals surface area contributed by atoms with Gasteiger partial charge in [-0.3, -0.25) is 14.5 Å². The van der Waals surface area contributed by atoms with Crippen LogP contribution in [0.4, 0.5) is 5.69 Å². The van der Waals surface area contributed by atoms with Crippen LogP contribution in [0.3, 0.4) is 0 Å². The Morgan fingerprint density at radius 1 is 0.973 bits per heavy atom. The molecule has 1 unspecified atom stereocenters. The van der Waals surface area contributed by atoms with Gasteiger partial charge in [0.15, 0.2) is 16.9 Å². The summed E-state index contributed by atoms with van der Waals surface area (Å²) in [6, 6.07) is 17.0. The number of anilines is 1. The van der Waals surface area contributed by atoms with Crippen LogP contribution in [0.25, 0.3) is 11.0 Å². The summed E-state index contributed by atoms with van der Waals surface area (Å²) in [5, 5.41) is 0.391. The molecule has 8 heteroatoms. The summed E-state index contributed by atoms with van der Waals surface area (Å²) in [7, 11) is 3.13. The molecule has 0 N–H and O–H groups in total. The summed E-state index contributed by atoms with van der Waals surface area (Å²) < 4.78 is 23.8. The highest BCUT2D eigenvalue weighted by Gasteiger charge is 2.44. The lowest BCUT2D eigenvalue weighted by molar-refractivity contribution is 0.0971. The van der Waals surface area contributed by atoms with Crippen LogP contribution >= 0.6 is 15.9 Å². The summed E-state index contributed by atoms with van der Waals surface area (Å²) in [5.41, 5.74) is 1.62. The van der Waals surface area contributed by atoms with Crippen molar-refractivity contribution in [1.29, 1.82) is 0 Å². The first-order valence-corrected chi connectivity index (χ1v) is 12.7. The molecule has 5 rings (SSSR count). The van der Waals surface area contributed by atoms with E-state index in [-0.39, 0.29) is 16.8 Å². The first-order valence-electron chi connectivity index (χ1n) is 11.9. The minimum atomic E-state index is -0.748. The minimum absolute atomic E-state index is 0.0201. The molecule has 0 spiro atoms. The molecular formula is C29H26BrNO6. The molecule has 2 heterocycles. The Hall–Kier alpha value is -3.78. The van der Waals surface area contributed by atoms with Gasteiger partial charge in [0.1, 0.15) is 11.3 Å². The molecule has 0 saturated heterocycles. The fourth-order valence-electron chi connectivity index (χ4n) is 4.52. The van der Waals surface area contributed by atoms with E-state index in [4.69, 9.17) is 18.6 Å². The molecule has 0 radical (unpaired) electrons. The number of fused-ring (bicyclic) bond motifs is 2. The number of nitrogens with zero attached hydrogens (tertiary/aromatic N) is 1. The molecule has 1 amide bonds. The molecule has 0 saturated carbocycles. The maximum atomic E-state index is 13.9. The monoisotopic (exact) mass is 563 g/mol. The second-order valence-corrected chi connectivity index (χ2v) is 10.1. The first kappa shape index (κ1) is 24.9. The molecule has 1 atom stereocenters. The van der Waals surface area contributed by atoms with E-state index in [0.717, 1.165) is 4.47 Å². The van der Waals surface area contributed by atoms with E-state index in [1.165, 1.54) is 0 Å². The second kappa shape index (κ2) is 9.94. The highest BCUT2D eigenvalue weighted by molar-refractivity contribution is 9.10. The van der Waals surface area contributed by atoms with E-state index in [1.807, 2.05) is 12.1 Å². The molecular weight excluding hydrogens is 538 g/mol. The van der Waals surface area contributed by atoms with Crippen LogP contribution < -0.4 is 24.5 Å². The van der Waals surface area contributed by atoms with Gasteiger partial charge in [-0.15, -0.1) is 0 Å². The predicted octanol–water partition coefficient (Wildman–Crippen LogP) is 6.36. The summed E-state index contributed by atoms with van der Waals surface area (Å²) in [6.07, 6.45) is 0. The van der Waals surface area contributed by atoms with Gasteiger partial charge in [0.05, 0.1) is 37.8 Å². The Labute approximate surface area is 222 Å². The number of hydrogen-bond acceptors (Lipinski definition) is 6. The number of hydrogen-bond donors (Lipinski definition) is 0. The highest BCUT2D eigenvalue weighted by atomic mass is 79.9.